The Kier molecular flexibility index (Phi) is 8.93. The predicted octanol–water partition coefficient (Wildman–Crippen LogP) is 6.33. The van der Waals surface area contributed by atoms with Gasteiger partial charge in [-0.15, -0.1) is 0 Å². The number of hydrogen-bond acceptors (Lipinski definition) is 4. The topological polar surface area (TPSA) is 70.7 Å². The Morgan fingerprint density at radius 2 is 1.68 bits per heavy atom. The summed E-state index contributed by atoms with van der Waals surface area (Å²) in [5, 5.41) is 5.63. The normalized spacial score (nSPS) is 17.8. The molecule has 5 rings (SSSR count). The van der Waals surface area contributed by atoms with Gasteiger partial charge < -0.3 is 20.3 Å². The number of nitrogens with one attached hydrogen (secondary N) is 2. The second-order valence-corrected chi connectivity index (χ2v) is 10.7. The minimum absolute atomic E-state index is 0.0278. The van der Waals surface area contributed by atoms with Gasteiger partial charge in [0.1, 0.15) is 0 Å². The lowest BCUT2D eigenvalue weighted by molar-refractivity contribution is -0.137. The highest BCUT2D eigenvalue weighted by molar-refractivity contribution is 6.06. The molecule has 9 heteroatoms. The van der Waals surface area contributed by atoms with Gasteiger partial charge in [0.25, 0.3) is 11.8 Å². The molecule has 2 aliphatic rings. The van der Waals surface area contributed by atoms with Crippen molar-refractivity contribution in [3.05, 3.63) is 95.1 Å². The molecule has 1 atom stereocenters. The molecule has 0 spiro atoms. The van der Waals surface area contributed by atoms with Crippen LogP contribution >= 0.6 is 0 Å². The number of alkyl halides is 3. The van der Waals surface area contributed by atoms with E-state index < -0.39 is 17.6 Å². The molecule has 0 aliphatic carbocycles. The van der Waals surface area contributed by atoms with E-state index in [0.29, 0.717) is 30.3 Å². The Morgan fingerprint density at radius 1 is 0.902 bits per heavy atom. The quantitative estimate of drug-likeness (QED) is 0.335. The van der Waals surface area contributed by atoms with Crippen molar-refractivity contribution in [2.24, 2.45) is 5.92 Å². The van der Waals surface area contributed by atoms with E-state index in [4.69, 9.17) is 4.74 Å². The van der Waals surface area contributed by atoms with Crippen LogP contribution in [-0.4, -0.2) is 44.2 Å². The number of nitrogens with zero attached hydrogens (tertiary/aromatic N) is 1. The molecule has 2 heterocycles. The molecule has 41 heavy (non-hydrogen) atoms. The zero-order valence-electron chi connectivity index (χ0n) is 22.8. The highest BCUT2D eigenvalue weighted by atomic mass is 19.4. The fraction of sp³-hybridized carbons (Fsp3) is 0.375. The molecule has 0 bridgehead atoms. The van der Waals surface area contributed by atoms with Gasteiger partial charge in [-0.25, -0.2) is 0 Å². The number of anilines is 2. The predicted molar refractivity (Wildman–Crippen MR) is 152 cm³/mol. The summed E-state index contributed by atoms with van der Waals surface area (Å²) in [6.45, 7) is 2.65. The first-order valence-electron chi connectivity index (χ1n) is 14.1. The molecule has 216 valence electrons. The monoisotopic (exact) mass is 565 g/mol. The number of hydrogen-bond donors (Lipinski definition) is 2. The first-order chi connectivity index (χ1) is 19.8. The average molecular weight is 566 g/mol. The van der Waals surface area contributed by atoms with Crippen LogP contribution in [-0.2, 0) is 17.3 Å². The molecule has 6 nitrogen and oxygen atoms in total. The van der Waals surface area contributed by atoms with Crippen LogP contribution in [0.25, 0.3) is 0 Å². The Balaban J connectivity index is 1.32. The van der Waals surface area contributed by atoms with Crippen molar-refractivity contribution in [2.75, 3.05) is 36.5 Å². The van der Waals surface area contributed by atoms with Crippen LogP contribution in [0.15, 0.2) is 72.8 Å². The van der Waals surface area contributed by atoms with Gasteiger partial charge in [-0.3, -0.25) is 9.59 Å². The molecule has 2 aliphatic heterocycles. The maximum Gasteiger partial charge on any atom is 0.416 e. The van der Waals surface area contributed by atoms with Crippen LogP contribution < -0.4 is 15.5 Å². The number of carbonyl (C=O) groups excluding carboxylic acids is 2. The number of halogens is 3. The van der Waals surface area contributed by atoms with Crippen LogP contribution in [0.3, 0.4) is 0 Å². The molecule has 3 aromatic rings. The van der Waals surface area contributed by atoms with Gasteiger partial charge in [0, 0.05) is 43.2 Å². The average Bonchev–Trinajstić information content (AvgIpc) is 3.50. The van der Waals surface area contributed by atoms with E-state index in [1.807, 2.05) is 6.07 Å². The van der Waals surface area contributed by atoms with Crippen LogP contribution in [0.2, 0.25) is 0 Å². The van der Waals surface area contributed by atoms with Crippen LogP contribution in [0.4, 0.5) is 24.5 Å². The van der Waals surface area contributed by atoms with E-state index >= 15 is 0 Å². The lowest BCUT2D eigenvalue weighted by atomic mass is 9.89. The maximum atomic E-state index is 13.4. The molecule has 2 amide bonds. The van der Waals surface area contributed by atoms with Crippen molar-refractivity contribution in [2.45, 2.75) is 44.4 Å². The molecular weight excluding hydrogens is 531 g/mol. The summed E-state index contributed by atoms with van der Waals surface area (Å²) in [5.41, 5.74) is 1.81. The Hall–Kier alpha value is -3.85. The molecule has 2 fully saturated rings. The largest absolute Gasteiger partial charge is 0.416 e. The van der Waals surface area contributed by atoms with Crippen LogP contribution in [0.1, 0.15) is 57.5 Å². The lowest BCUT2D eigenvalue weighted by Crippen LogP contribution is -2.37. The summed E-state index contributed by atoms with van der Waals surface area (Å²) in [5.74, 6) is -0.412. The standard InChI is InChI=1S/C32H34F3N3O3/c33-32(34,35)25-9-4-8-24(19-25)30(39)37-26-11-12-29(28(20-26)31(40)36-21-27-10-5-17-41-27)38-15-13-23(14-16-38)18-22-6-2-1-3-7-22/h1-4,6-9,11-12,19-20,23,27H,5,10,13-18,21H2,(H,36,40)(H,37,39). The summed E-state index contributed by atoms with van der Waals surface area (Å²) in [6, 6.07) is 19.8. The first-order valence-corrected chi connectivity index (χ1v) is 14.1. The number of carbonyl (C=O) groups is 2. The summed E-state index contributed by atoms with van der Waals surface area (Å²) in [7, 11) is 0. The minimum Gasteiger partial charge on any atom is -0.376 e. The third kappa shape index (κ3) is 7.47. The Morgan fingerprint density at radius 3 is 2.39 bits per heavy atom. The van der Waals surface area contributed by atoms with E-state index in [9.17, 15) is 22.8 Å². The fourth-order valence-corrected chi connectivity index (χ4v) is 5.54. The summed E-state index contributed by atoms with van der Waals surface area (Å²) < 4.78 is 45.1. The van der Waals surface area contributed by atoms with E-state index in [1.165, 1.54) is 17.7 Å². The van der Waals surface area contributed by atoms with Gasteiger partial charge in [-0.1, -0.05) is 36.4 Å². The van der Waals surface area contributed by atoms with Crippen molar-refractivity contribution >= 4 is 23.2 Å². The van der Waals surface area contributed by atoms with Gasteiger partial charge in [-0.2, -0.15) is 13.2 Å². The molecule has 0 saturated carbocycles. The smallest absolute Gasteiger partial charge is 0.376 e. The molecule has 0 radical (unpaired) electrons. The van der Waals surface area contributed by atoms with Crippen LogP contribution in [0, 0.1) is 5.92 Å². The molecule has 2 saturated heterocycles. The summed E-state index contributed by atoms with van der Waals surface area (Å²) in [4.78, 5) is 28.4. The van der Waals surface area contributed by atoms with Crippen molar-refractivity contribution in [3.8, 4) is 0 Å². The van der Waals surface area contributed by atoms with Gasteiger partial charge in [-0.05, 0) is 80.0 Å². The highest BCUT2D eigenvalue weighted by Gasteiger charge is 2.31. The summed E-state index contributed by atoms with van der Waals surface area (Å²) >= 11 is 0. The Bertz CT molecular complexity index is 1350. The molecule has 3 aromatic carbocycles. The van der Waals surface area contributed by atoms with Crippen molar-refractivity contribution in [3.63, 3.8) is 0 Å². The van der Waals surface area contributed by atoms with E-state index in [0.717, 1.165) is 63.0 Å². The zero-order valence-corrected chi connectivity index (χ0v) is 22.8. The second kappa shape index (κ2) is 12.8. The van der Waals surface area contributed by atoms with Gasteiger partial charge in [0.15, 0.2) is 0 Å². The summed E-state index contributed by atoms with van der Waals surface area (Å²) in [6.07, 6.45) is 0.250. The molecule has 2 N–H and O–H groups in total. The van der Waals surface area contributed by atoms with Crippen LogP contribution in [0.5, 0.6) is 0 Å². The number of benzene rings is 3. The van der Waals surface area contributed by atoms with Gasteiger partial charge in [0.2, 0.25) is 0 Å². The highest BCUT2D eigenvalue weighted by Crippen LogP contribution is 2.32. The van der Waals surface area contributed by atoms with Gasteiger partial charge >= 0.3 is 6.18 Å². The molecular formula is C32H34F3N3O3. The van der Waals surface area contributed by atoms with Crippen molar-refractivity contribution < 1.29 is 27.5 Å². The minimum atomic E-state index is -4.55. The van der Waals surface area contributed by atoms with Crippen molar-refractivity contribution in [1.29, 1.82) is 0 Å². The first kappa shape index (κ1) is 28.7. The third-order valence-corrected chi connectivity index (χ3v) is 7.79. The SMILES string of the molecule is O=C(Nc1ccc(N2CCC(Cc3ccccc3)CC2)c(C(=O)NCC2CCCO2)c1)c1cccc(C(F)(F)F)c1. The van der Waals surface area contributed by atoms with E-state index in [1.54, 1.807) is 18.2 Å². The number of rotatable bonds is 8. The zero-order chi connectivity index (χ0) is 28.8. The number of amides is 2. The van der Waals surface area contributed by atoms with Crippen molar-refractivity contribution in [1.82, 2.24) is 5.32 Å². The Labute approximate surface area is 237 Å². The van der Waals surface area contributed by atoms with E-state index in [-0.39, 0.29) is 17.6 Å². The fourth-order valence-electron chi connectivity index (χ4n) is 5.54. The van der Waals surface area contributed by atoms with Gasteiger partial charge in [0.05, 0.1) is 17.2 Å². The molecule has 1 unspecified atom stereocenters. The third-order valence-electron chi connectivity index (χ3n) is 7.79. The van der Waals surface area contributed by atoms with E-state index in [2.05, 4.69) is 39.8 Å². The second-order valence-electron chi connectivity index (χ2n) is 10.7. The molecule has 0 aromatic heterocycles. The lowest BCUT2D eigenvalue weighted by Gasteiger charge is -2.35. The maximum absolute atomic E-state index is 13.4. The number of ether oxygens (including phenoxy) is 1. The number of piperidine rings is 1.